The number of phenolic OH excluding ortho intramolecular Hbond substituents is 1. The minimum absolute atomic E-state index is 0.109. The summed E-state index contributed by atoms with van der Waals surface area (Å²) in [6.07, 6.45) is 0.987. The maximum Gasteiger partial charge on any atom is 0.163 e. The van der Waals surface area contributed by atoms with Gasteiger partial charge >= 0.3 is 0 Å². The molecule has 1 N–H and O–H groups in total. The standard InChI is InChI=1S/C17H18O2/c1-12-10-15(17(19)11-13(12)2)8-9-16(18)14-6-4-3-5-7-14/h3-7,10-11,19H,8-9H2,1-2H3. The Morgan fingerprint density at radius 3 is 2.37 bits per heavy atom. The number of phenols is 1. The number of Topliss-reactive ketones (excluding diaryl/α,β-unsaturated/α-hetero) is 1. The van der Waals surface area contributed by atoms with Crippen LogP contribution in [0, 0.1) is 13.8 Å². The van der Waals surface area contributed by atoms with Gasteiger partial charge in [0.2, 0.25) is 0 Å². The molecule has 2 heteroatoms. The Labute approximate surface area is 113 Å². The lowest BCUT2D eigenvalue weighted by Crippen LogP contribution is -2.01. The molecule has 0 saturated carbocycles. The van der Waals surface area contributed by atoms with Crippen LogP contribution in [0.15, 0.2) is 42.5 Å². The van der Waals surface area contributed by atoms with Crippen LogP contribution in [0.1, 0.15) is 33.5 Å². The summed E-state index contributed by atoms with van der Waals surface area (Å²) in [7, 11) is 0. The summed E-state index contributed by atoms with van der Waals surface area (Å²) >= 11 is 0. The van der Waals surface area contributed by atoms with Crippen molar-refractivity contribution in [1.29, 1.82) is 0 Å². The lowest BCUT2D eigenvalue weighted by atomic mass is 9.99. The van der Waals surface area contributed by atoms with Crippen molar-refractivity contribution in [3.8, 4) is 5.75 Å². The molecule has 0 saturated heterocycles. The molecule has 0 spiro atoms. The van der Waals surface area contributed by atoms with Crippen LogP contribution in [-0.2, 0) is 6.42 Å². The second-order valence-electron chi connectivity index (χ2n) is 4.85. The van der Waals surface area contributed by atoms with Gasteiger partial charge in [0.15, 0.2) is 5.78 Å². The van der Waals surface area contributed by atoms with E-state index in [0.717, 1.165) is 22.3 Å². The maximum atomic E-state index is 12.0. The number of aromatic hydroxyl groups is 1. The number of rotatable bonds is 4. The lowest BCUT2D eigenvalue weighted by molar-refractivity contribution is 0.0982. The zero-order valence-electron chi connectivity index (χ0n) is 11.3. The minimum Gasteiger partial charge on any atom is -0.508 e. The molecule has 0 bridgehead atoms. The Morgan fingerprint density at radius 1 is 1.05 bits per heavy atom. The van der Waals surface area contributed by atoms with E-state index in [1.165, 1.54) is 0 Å². The van der Waals surface area contributed by atoms with Gasteiger partial charge in [0.25, 0.3) is 0 Å². The monoisotopic (exact) mass is 254 g/mol. The molecule has 0 aliphatic carbocycles. The highest BCUT2D eigenvalue weighted by Crippen LogP contribution is 2.23. The molecule has 2 nitrogen and oxygen atoms in total. The Hall–Kier alpha value is -2.09. The number of carbonyl (C=O) groups excluding carboxylic acids is 1. The fraction of sp³-hybridized carbons (Fsp3) is 0.235. The van der Waals surface area contributed by atoms with Crippen LogP contribution in [0.2, 0.25) is 0 Å². The SMILES string of the molecule is Cc1cc(O)c(CCC(=O)c2ccccc2)cc1C. The van der Waals surface area contributed by atoms with Crippen LogP contribution in [-0.4, -0.2) is 10.9 Å². The van der Waals surface area contributed by atoms with Crippen LogP contribution in [0.3, 0.4) is 0 Å². The van der Waals surface area contributed by atoms with Crippen molar-refractivity contribution >= 4 is 5.78 Å². The van der Waals surface area contributed by atoms with Crippen molar-refractivity contribution < 1.29 is 9.90 Å². The van der Waals surface area contributed by atoms with Crippen LogP contribution in [0.4, 0.5) is 0 Å². The van der Waals surface area contributed by atoms with E-state index in [0.29, 0.717) is 12.8 Å². The Bertz CT molecular complexity index is 586. The second-order valence-corrected chi connectivity index (χ2v) is 4.85. The van der Waals surface area contributed by atoms with Gasteiger partial charge in [-0.3, -0.25) is 4.79 Å². The third-order valence-electron chi connectivity index (χ3n) is 3.41. The number of ketones is 1. The first-order chi connectivity index (χ1) is 9.08. The fourth-order valence-corrected chi connectivity index (χ4v) is 2.08. The van der Waals surface area contributed by atoms with Gasteiger partial charge in [0, 0.05) is 12.0 Å². The highest BCUT2D eigenvalue weighted by Gasteiger charge is 2.09. The fourth-order valence-electron chi connectivity index (χ4n) is 2.08. The van der Waals surface area contributed by atoms with E-state index >= 15 is 0 Å². The van der Waals surface area contributed by atoms with Crippen molar-refractivity contribution in [3.63, 3.8) is 0 Å². The minimum atomic E-state index is 0.109. The first-order valence-electron chi connectivity index (χ1n) is 6.45. The van der Waals surface area contributed by atoms with Gasteiger partial charge in [-0.05, 0) is 43.0 Å². The van der Waals surface area contributed by atoms with E-state index in [2.05, 4.69) is 0 Å². The van der Waals surface area contributed by atoms with Crippen molar-refractivity contribution in [2.45, 2.75) is 26.7 Å². The molecular formula is C17H18O2. The smallest absolute Gasteiger partial charge is 0.163 e. The molecule has 0 atom stereocenters. The number of hydrogen-bond donors (Lipinski definition) is 1. The molecule has 0 aliphatic heterocycles. The Kier molecular flexibility index (Phi) is 4.00. The van der Waals surface area contributed by atoms with Crippen molar-refractivity contribution in [2.24, 2.45) is 0 Å². The largest absolute Gasteiger partial charge is 0.508 e. The van der Waals surface area contributed by atoms with Crippen molar-refractivity contribution in [3.05, 3.63) is 64.7 Å². The third kappa shape index (κ3) is 3.22. The summed E-state index contributed by atoms with van der Waals surface area (Å²) in [5.41, 5.74) is 3.77. The lowest BCUT2D eigenvalue weighted by Gasteiger charge is -2.08. The number of benzene rings is 2. The predicted octanol–water partition coefficient (Wildman–Crippen LogP) is 3.82. The number of carbonyl (C=O) groups is 1. The average molecular weight is 254 g/mol. The van der Waals surface area contributed by atoms with E-state index in [4.69, 9.17) is 0 Å². The summed E-state index contributed by atoms with van der Waals surface area (Å²) in [6.45, 7) is 3.98. The zero-order valence-corrected chi connectivity index (χ0v) is 11.3. The van der Waals surface area contributed by atoms with Gasteiger partial charge < -0.3 is 5.11 Å². The molecule has 0 unspecified atom stereocenters. The van der Waals surface area contributed by atoms with Crippen LogP contribution in [0.25, 0.3) is 0 Å². The van der Waals surface area contributed by atoms with Gasteiger partial charge in [0.1, 0.15) is 5.75 Å². The van der Waals surface area contributed by atoms with Gasteiger partial charge in [-0.15, -0.1) is 0 Å². The van der Waals surface area contributed by atoms with E-state index in [1.54, 1.807) is 6.07 Å². The summed E-state index contributed by atoms with van der Waals surface area (Å²) < 4.78 is 0. The number of hydrogen-bond acceptors (Lipinski definition) is 2. The first-order valence-corrected chi connectivity index (χ1v) is 6.45. The molecule has 2 aromatic rings. The van der Waals surface area contributed by atoms with Crippen molar-refractivity contribution in [2.75, 3.05) is 0 Å². The normalized spacial score (nSPS) is 10.4. The molecule has 0 heterocycles. The van der Waals surface area contributed by atoms with Crippen LogP contribution < -0.4 is 0 Å². The van der Waals surface area contributed by atoms with Gasteiger partial charge in [0.05, 0.1) is 0 Å². The summed E-state index contributed by atoms with van der Waals surface area (Å²) in [5, 5.41) is 9.89. The molecule has 2 rings (SSSR count). The van der Waals surface area contributed by atoms with Crippen LogP contribution >= 0.6 is 0 Å². The second kappa shape index (κ2) is 5.70. The first kappa shape index (κ1) is 13.3. The average Bonchev–Trinajstić information content (AvgIpc) is 2.42. The van der Waals surface area contributed by atoms with Gasteiger partial charge in [-0.2, -0.15) is 0 Å². The van der Waals surface area contributed by atoms with Crippen LogP contribution in [0.5, 0.6) is 5.75 Å². The molecule has 0 fully saturated rings. The van der Waals surface area contributed by atoms with Gasteiger partial charge in [-0.25, -0.2) is 0 Å². The molecular weight excluding hydrogens is 236 g/mol. The third-order valence-corrected chi connectivity index (χ3v) is 3.41. The summed E-state index contributed by atoms with van der Waals surface area (Å²) in [6, 6.07) is 13.0. The zero-order chi connectivity index (χ0) is 13.8. The highest BCUT2D eigenvalue weighted by molar-refractivity contribution is 5.96. The molecule has 0 radical (unpaired) electrons. The Morgan fingerprint density at radius 2 is 1.68 bits per heavy atom. The molecule has 2 aromatic carbocycles. The molecule has 0 aromatic heterocycles. The molecule has 0 aliphatic rings. The molecule has 19 heavy (non-hydrogen) atoms. The molecule has 0 amide bonds. The van der Waals surface area contributed by atoms with Gasteiger partial charge in [-0.1, -0.05) is 36.4 Å². The van der Waals surface area contributed by atoms with E-state index < -0.39 is 0 Å². The Balaban J connectivity index is 2.07. The quantitative estimate of drug-likeness (QED) is 0.842. The molecule has 98 valence electrons. The highest BCUT2D eigenvalue weighted by atomic mass is 16.3. The summed E-state index contributed by atoms with van der Waals surface area (Å²) in [5.74, 6) is 0.391. The summed E-state index contributed by atoms with van der Waals surface area (Å²) in [4.78, 5) is 12.0. The van der Waals surface area contributed by atoms with E-state index in [9.17, 15) is 9.90 Å². The maximum absolute atomic E-state index is 12.0. The number of aryl methyl sites for hydroxylation is 3. The van der Waals surface area contributed by atoms with E-state index in [1.807, 2.05) is 50.2 Å². The topological polar surface area (TPSA) is 37.3 Å². The predicted molar refractivity (Wildman–Crippen MR) is 76.7 cm³/mol. The van der Waals surface area contributed by atoms with Crippen molar-refractivity contribution in [1.82, 2.24) is 0 Å². The van der Waals surface area contributed by atoms with E-state index in [-0.39, 0.29) is 11.5 Å².